The fourth-order valence-electron chi connectivity index (χ4n) is 3.02. The van der Waals surface area contributed by atoms with E-state index in [2.05, 4.69) is 15.4 Å². The molecule has 2 amide bonds. The van der Waals surface area contributed by atoms with Crippen LogP contribution in [0.15, 0.2) is 35.1 Å². The summed E-state index contributed by atoms with van der Waals surface area (Å²) in [5.41, 5.74) is 2.39. The minimum atomic E-state index is -0.272. The molecule has 0 spiro atoms. The van der Waals surface area contributed by atoms with Gasteiger partial charge >= 0.3 is 0 Å². The van der Waals surface area contributed by atoms with Crippen LogP contribution in [0, 0.1) is 6.92 Å². The monoisotopic (exact) mass is 495 g/mol. The van der Waals surface area contributed by atoms with E-state index in [4.69, 9.17) is 27.9 Å². The summed E-state index contributed by atoms with van der Waals surface area (Å²) >= 11 is 13.2. The zero-order valence-corrected chi connectivity index (χ0v) is 20.2. The standard InChI is InChI=1S/C21H23Cl2N5O3S/c1-13-14(11-27(2)26-13)9-18-20(30)28(7-4-8-31-3)21(25-18)32-12-19(29)24-17-6-5-15(22)10-16(17)23/h5-6,9-11H,4,7-8,12H2,1-3H3,(H,24,29)/b18-9+. The molecule has 32 heavy (non-hydrogen) atoms. The van der Waals surface area contributed by atoms with Gasteiger partial charge in [0.05, 0.1) is 22.2 Å². The Morgan fingerprint density at radius 1 is 1.34 bits per heavy atom. The molecular formula is C21H23Cl2N5O3S. The molecule has 0 bridgehead atoms. The molecule has 0 unspecified atom stereocenters. The normalized spacial score (nSPS) is 14.9. The van der Waals surface area contributed by atoms with Gasteiger partial charge in [-0.25, -0.2) is 4.99 Å². The van der Waals surface area contributed by atoms with Crippen molar-refractivity contribution in [3.8, 4) is 0 Å². The highest BCUT2D eigenvalue weighted by Gasteiger charge is 2.31. The van der Waals surface area contributed by atoms with E-state index in [1.165, 1.54) is 11.8 Å². The molecule has 1 aromatic carbocycles. The highest BCUT2D eigenvalue weighted by Crippen LogP contribution is 2.27. The van der Waals surface area contributed by atoms with Gasteiger partial charge in [-0.15, -0.1) is 0 Å². The van der Waals surface area contributed by atoms with Crippen LogP contribution in [0.1, 0.15) is 17.7 Å². The third-order valence-electron chi connectivity index (χ3n) is 4.52. The van der Waals surface area contributed by atoms with Gasteiger partial charge in [0.2, 0.25) is 5.91 Å². The molecule has 170 valence electrons. The Morgan fingerprint density at radius 2 is 2.12 bits per heavy atom. The van der Waals surface area contributed by atoms with Gasteiger partial charge < -0.3 is 10.1 Å². The average Bonchev–Trinajstić information content (AvgIpc) is 3.21. The zero-order valence-electron chi connectivity index (χ0n) is 17.9. The van der Waals surface area contributed by atoms with E-state index >= 15 is 0 Å². The second-order valence-electron chi connectivity index (χ2n) is 7.03. The molecule has 1 aliphatic rings. The maximum absolute atomic E-state index is 13.0. The Labute approximate surface area is 200 Å². The van der Waals surface area contributed by atoms with Crippen molar-refractivity contribution in [1.29, 1.82) is 0 Å². The smallest absolute Gasteiger partial charge is 0.278 e. The number of amides is 2. The summed E-state index contributed by atoms with van der Waals surface area (Å²) in [6, 6.07) is 4.84. The summed E-state index contributed by atoms with van der Waals surface area (Å²) in [7, 11) is 3.43. The minimum Gasteiger partial charge on any atom is -0.385 e. The summed E-state index contributed by atoms with van der Waals surface area (Å²) < 4.78 is 6.78. The van der Waals surface area contributed by atoms with Crippen molar-refractivity contribution >= 4 is 63.7 Å². The number of hydrogen-bond donors (Lipinski definition) is 1. The summed E-state index contributed by atoms with van der Waals surface area (Å²) in [6.07, 6.45) is 4.19. The number of benzene rings is 1. The number of halogens is 2. The summed E-state index contributed by atoms with van der Waals surface area (Å²) in [6.45, 7) is 2.82. The highest BCUT2D eigenvalue weighted by molar-refractivity contribution is 8.14. The lowest BCUT2D eigenvalue weighted by Crippen LogP contribution is -2.32. The van der Waals surface area contributed by atoms with Gasteiger partial charge in [-0.1, -0.05) is 35.0 Å². The number of ether oxygens (including phenoxy) is 1. The fraction of sp³-hybridized carbons (Fsp3) is 0.333. The minimum absolute atomic E-state index is 0.0606. The molecular weight excluding hydrogens is 473 g/mol. The predicted octanol–water partition coefficient (Wildman–Crippen LogP) is 3.98. The van der Waals surface area contributed by atoms with Crippen LogP contribution in [0.4, 0.5) is 5.69 Å². The van der Waals surface area contributed by atoms with Gasteiger partial charge in [-0.3, -0.25) is 19.2 Å². The maximum Gasteiger partial charge on any atom is 0.278 e. The molecule has 3 rings (SSSR count). The van der Waals surface area contributed by atoms with Crippen LogP contribution >= 0.6 is 35.0 Å². The summed E-state index contributed by atoms with van der Waals surface area (Å²) in [4.78, 5) is 31.5. The maximum atomic E-state index is 13.0. The van der Waals surface area contributed by atoms with Crippen LogP contribution in [0.5, 0.6) is 0 Å². The number of amidine groups is 1. The van der Waals surface area contributed by atoms with Crippen molar-refractivity contribution in [2.75, 3.05) is 31.3 Å². The van der Waals surface area contributed by atoms with E-state index in [0.29, 0.717) is 46.2 Å². The Kier molecular flexibility index (Phi) is 8.36. The summed E-state index contributed by atoms with van der Waals surface area (Å²) in [5.74, 6) is -0.426. The number of hydrogen-bond acceptors (Lipinski definition) is 6. The van der Waals surface area contributed by atoms with E-state index in [1.54, 1.807) is 41.0 Å². The molecule has 0 saturated carbocycles. The molecule has 2 aromatic rings. The van der Waals surface area contributed by atoms with Crippen molar-refractivity contribution in [3.05, 3.63) is 51.4 Å². The number of nitrogens with one attached hydrogen (secondary N) is 1. The number of rotatable bonds is 8. The molecule has 0 radical (unpaired) electrons. The molecule has 0 atom stereocenters. The molecule has 8 nitrogen and oxygen atoms in total. The Balaban J connectivity index is 1.73. The van der Waals surface area contributed by atoms with Crippen LogP contribution in [0.25, 0.3) is 6.08 Å². The van der Waals surface area contributed by atoms with Crippen molar-refractivity contribution in [2.24, 2.45) is 12.0 Å². The first kappa shape index (κ1) is 24.3. The molecule has 0 saturated heterocycles. The SMILES string of the molecule is COCCCN1C(=O)/C(=C\c2cn(C)nc2C)N=C1SCC(=O)Nc1ccc(Cl)cc1Cl. The first-order valence-corrected chi connectivity index (χ1v) is 11.5. The molecule has 1 N–H and O–H groups in total. The topological polar surface area (TPSA) is 88.8 Å². The number of aromatic nitrogens is 2. The first-order valence-electron chi connectivity index (χ1n) is 9.77. The van der Waals surface area contributed by atoms with E-state index < -0.39 is 0 Å². The van der Waals surface area contributed by atoms with Gasteiger partial charge in [-0.2, -0.15) is 5.10 Å². The number of methoxy groups -OCH3 is 1. The van der Waals surface area contributed by atoms with E-state index in [0.717, 1.165) is 11.3 Å². The second kappa shape index (κ2) is 11.0. The van der Waals surface area contributed by atoms with Gasteiger partial charge in [0, 0.05) is 44.1 Å². The molecule has 0 fully saturated rings. The van der Waals surface area contributed by atoms with Crippen molar-refractivity contribution in [1.82, 2.24) is 14.7 Å². The summed E-state index contributed by atoms with van der Waals surface area (Å²) in [5, 5.41) is 8.34. The zero-order chi connectivity index (χ0) is 23.3. The molecule has 2 heterocycles. The average molecular weight is 496 g/mol. The van der Waals surface area contributed by atoms with Crippen LogP contribution < -0.4 is 5.32 Å². The molecule has 0 aliphatic carbocycles. The van der Waals surface area contributed by atoms with Crippen molar-refractivity contribution < 1.29 is 14.3 Å². The number of carbonyl (C=O) groups is 2. The third-order valence-corrected chi connectivity index (χ3v) is 6.05. The van der Waals surface area contributed by atoms with Gasteiger partial charge in [0.15, 0.2) is 5.17 Å². The second-order valence-corrected chi connectivity index (χ2v) is 8.82. The number of anilines is 1. The van der Waals surface area contributed by atoms with Crippen molar-refractivity contribution in [2.45, 2.75) is 13.3 Å². The first-order chi connectivity index (χ1) is 15.3. The Morgan fingerprint density at radius 3 is 2.78 bits per heavy atom. The lowest BCUT2D eigenvalue weighted by atomic mass is 10.2. The fourth-order valence-corrected chi connectivity index (χ4v) is 4.30. The number of aryl methyl sites for hydroxylation is 2. The number of carbonyl (C=O) groups excluding carboxylic acids is 2. The van der Waals surface area contributed by atoms with Crippen LogP contribution in [0.3, 0.4) is 0 Å². The van der Waals surface area contributed by atoms with E-state index in [1.807, 2.05) is 20.2 Å². The number of nitrogens with zero attached hydrogens (tertiary/aromatic N) is 4. The highest BCUT2D eigenvalue weighted by atomic mass is 35.5. The van der Waals surface area contributed by atoms with Crippen LogP contribution in [0.2, 0.25) is 10.0 Å². The van der Waals surface area contributed by atoms with Gasteiger partial charge in [0.25, 0.3) is 5.91 Å². The lowest BCUT2D eigenvalue weighted by molar-refractivity contribution is -0.122. The lowest BCUT2D eigenvalue weighted by Gasteiger charge is -2.17. The van der Waals surface area contributed by atoms with Crippen LogP contribution in [-0.2, 0) is 21.4 Å². The van der Waals surface area contributed by atoms with Crippen LogP contribution in [-0.4, -0.2) is 57.7 Å². The van der Waals surface area contributed by atoms with E-state index in [-0.39, 0.29) is 17.6 Å². The van der Waals surface area contributed by atoms with Gasteiger partial charge in [-0.05, 0) is 37.6 Å². The van der Waals surface area contributed by atoms with E-state index in [9.17, 15) is 9.59 Å². The van der Waals surface area contributed by atoms with Crippen molar-refractivity contribution in [3.63, 3.8) is 0 Å². The third kappa shape index (κ3) is 6.13. The number of thioether (sulfide) groups is 1. The van der Waals surface area contributed by atoms with Gasteiger partial charge in [0.1, 0.15) is 5.70 Å². The number of aliphatic imine (C=N–C) groups is 1. The molecule has 11 heteroatoms. The Hall–Kier alpha value is -2.33. The molecule has 1 aromatic heterocycles. The Bertz CT molecular complexity index is 1080. The predicted molar refractivity (Wildman–Crippen MR) is 129 cm³/mol. The quantitative estimate of drug-likeness (QED) is 0.441. The molecule has 1 aliphatic heterocycles. The largest absolute Gasteiger partial charge is 0.385 e.